The summed E-state index contributed by atoms with van der Waals surface area (Å²) in [5.74, 6) is 0.419. The number of fused-ring (bicyclic) bond motifs is 1. The summed E-state index contributed by atoms with van der Waals surface area (Å²) in [7, 11) is 0. The van der Waals surface area contributed by atoms with Crippen molar-refractivity contribution in [2.45, 2.75) is 37.3 Å². The van der Waals surface area contributed by atoms with Crippen LogP contribution in [0.1, 0.15) is 31.9 Å². The lowest BCUT2D eigenvalue weighted by Gasteiger charge is -2.25. The zero-order valence-corrected chi connectivity index (χ0v) is 14.4. The van der Waals surface area contributed by atoms with Gasteiger partial charge < -0.3 is 9.04 Å². The van der Waals surface area contributed by atoms with E-state index in [4.69, 9.17) is 9.94 Å². The third-order valence-corrected chi connectivity index (χ3v) is 4.95. The van der Waals surface area contributed by atoms with Crippen LogP contribution in [0.25, 0.3) is 0 Å². The van der Waals surface area contributed by atoms with Gasteiger partial charge in [0.1, 0.15) is 5.75 Å². The summed E-state index contributed by atoms with van der Waals surface area (Å²) in [6.45, 7) is 3.98. The largest absolute Gasteiger partial charge is 0.491 e. The minimum atomic E-state index is -0.401. The molecular weight excluding hydrogens is 324 g/mol. The number of anilines is 1. The predicted molar refractivity (Wildman–Crippen MR) is 94.3 cm³/mol. The van der Waals surface area contributed by atoms with Crippen molar-refractivity contribution in [3.63, 3.8) is 0 Å². The molecule has 2 aromatic rings. The van der Waals surface area contributed by atoms with Crippen LogP contribution in [0, 0.1) is 0 Å². The first-order valence-electron chi connectivity index (χ1n) is 7.84. The van der Waals surface area contributed by atoms with E-state index in [0.29, 0.717) is 0 Å². The van der Waals surface area contributed by atoms with Gasteiger partial charge >= 0.3 is 0 Å². The molecule has 1 heterocycles. The van der Waals surface area contributed by atoms with Crippen LogP contribution in [0.5, 0.6) is 5.75 Å². The van der Waals surface area contributed by atoms with E-state index in [1.807, 2.05) is 62.4 Å². The maximum Gasteiger partial charge on any atom is 0.245 e. The van der Waals surface area contributed by atoms with Gasteiger partial charge in [0.15, 0.2) is 0 Å². The molecule has 6 heteroatoms. The zero-order valence-electron chi connectivity index (χ0n) is 13.6. The van der Waals surface area contributed by atoms with Crippen molar-refractivity contribution < 1.29 is 14.7 Å². The fraction of sp³-hybridized carbons (Fsp3) is 0.278. The van der Waals surface area contributed by atoms with Crippen molar-refractivity contribution >= 4 is 23.5 Å². The van der Waals surface area contributed by atoms with Crippen molar-refractivity contribution in [3.8, 4) is 5.75 Å². The number of hydrogen-bond acceptors (Lipinski definition) is 5. The quantitative estimate of drug-likeness (QED) is 0.489. The number of hydrogen-bond donors (Lipinski definition) is 2. The highest BCUT2D eigenvalue weighted by atomic mass is 32.2. The normalized spacial score (nSPS) is 16.2. The Hall–Kier alpha value is -2.18. The first-order chi connectivity index (χ1) is 11.6. The molecule has 1 aliphatic heterocycles. The number of hydroxylamine groups is 1. The molecular formula is C18H20N2O3S. The zero-order chi connectivity index (χ0) is 17.1. The number of rotatable bonds is 5. The van der Waals surface area contributed by atoms with Crippen molar-refractivity contribution in [1.82, 2.24) is 5.48 Å². The van der Waals surface area contributed by atoms with E-state index >= 15 is 0 Å². The van der Waals surface area contributed by atoms with Gasteiger partial charge in [-0.2, -0.15) is 0 Å². The number of nitrogens with one attached hydrogen (secondary N) is 1. The second-order valence-electron chi connectivity index (χ2n) is 5.87. The van der Waals surface area contributed by atoms with Crippen LogP contribution in [0.3, 0.4) is 0 Å². The minimum Gasteiger partial charge on any atom is -0.491 e. The maximum absolute atomic E-state index is 11.7. The Kier molecular flexibility index (Phi) is 4.97. The van der Waals surface area contributed by atoms with Crippen LogP contribution in [0.4, 0.5) is 5.69 Å². The Balaban J connectivity index is 1.87. The van der Waals surface area contributed by atoms with Crippen LogP contribution < -0.4 is 14.5 Å². The van der Waals surface area contributed by atoms with Crippen molar-refractivity contribution in [2.75, 3.05) is 4.31 Å². The van der Waals surface area contributed by atoms with Gasteiger partial charge in [-0.1, -0.05) is 18.2 Å². The average molecular weight is 344 g/mol. The lowest BCUT2D eigenvalue weighted by atomic mass is 10.0. The van der Waals surface area contributed by atoms with Crippen LogP contribution in [0.15, 0.2) is 53.4 Å². The highest BCUT2D eigenvalue weighted by Gasteiger charge is 2.33. The molecule has 2 N–H and O–H groups in total. The van der Waals surface area contributed by atoms with Crippen LogP contribution in [-0.2, 0) is 4.79 Å². The smallest absolute Gasteiger partial charge is 0.245 e. The molecule has 0 saturated carbocycles. The first kappa shape index (κ1) is 16.7. The number of carbonyl (C=O) groups is 1. The SMILES string of the molecule is CC(C)Oc1ccc(N2Sc3ccccc3C2CC(=O)NO)cc1. The second kappa shape index (κ2) is 7.15. The first-order valence-corrected chi connectivity index (χ1v) is 8.61. The monoisotopic (exact) mass is 344 g/mol. The molecule has 1 unspecified atom stereocenters. The third kappa shape index (κ3) is 3.49. The predicted octanol–water partition coefficient (Wildman–Crippen LogP) is 3.94. The molecule has 5 nitrogen and oxygen atoms in total. The summed E-state index contributed by atoms with van der Waals surface area (Å²) in [5, 5.41) is 8.88. The van der Waals surface area contributed by atoms with Gasteiger partial charge in [-0.25, -0.2) is 5.48 Å². The van der Waals surface area contributed by atoms with E-state index in [9.17, 15) is 4.79 Å². The Labute approximate surface area is 145 Å². The summed E-state index contributed by atoms with van der Waals surface area (Å²) >= 11 is 1.60. The molecule has 3 rings (SSSR count). The van der Waals surface area contributed by atoms with Gasteiger partial charge in [0, 0.05) is 10.6 Å². The average Bonchev–Trinajstić information content (AvgIpc) is 2.93. The number of carbonyl (C=O) groups excluding carboxylic acids is 1. The second-order valence-corrected chi connectivity index (χ2v) is 6.89. The van der Waals surface area contributed by atoms with E-state index in [1.54, 1.807) is 17.4 Å². The molecule has 126 valence electrons. The lowest BCUT2D eigenvalue weighted by molar-refractivity contribution is -0.129. The van der Waals surface area contributed by atoms with Crippen molar-refractivity contribution in [1.29, 1.82) is 0 Å². The van der Waals surface area contributed by atoms with E-state index < -0.39 is 5.91 Å². The van der Waals surface area contributed by atoms with Crippen molar-refractivity contribution in [2.24, 2.45) is 0 Å². The molecule has 1 amide bonds. The summed E-state index contributed by atoms with van der Waals surface area (Å²) in [4.78, 5) is 12.8. The molecule has 0 saturated heterocycles. The van der Waals surface area contributed by atoms with Gasteiger partial charge in [-0.15, -0.1) is 0 Å². The standard InChI is InChI=1S/C18H20N2O3S/c1-12(2)23-14-9-7-13(8-10-14)20-16(11-18(21)19-22)15-5-3-4-6-17(15)24-20/h3-10,12,16,22H,11H2,1-2H3,(H,19,21). The lowest BCUT2D eigenvalue weighted by Crippen LogP contribution is -2.26. The van der Waals surface area contributed by atoms with Gasteiger partial charge in [-0.3, -0.25) is 10.0 Å². The van der Waals surface area contributed by atoms with Gasteiger partial charge in [0.05, 0.1) is 18.6 Å². The molecule has 0 fully saturated rings. The number of ether oxygens (including phenoxy) is 1. The third-order valence-electron chi connectivity index (χ3n) is 3.72. The molecule has 0 aromatic heterocycles. The minimum absolute atomic E-state index is 0.127. The van der Waals surface area contributed by atoms with Gasteiger partial charge in [-0.05, 0) is 61.7 Å². The Morgan fingerprint density at radius 1 is 1.25 bits per heavy atom. The highest BCUT2D eigenvalue weighted by Crippen LogP contribution is 2.48. The summed E-state index contributed by atoms with van der Waals surface area (Å²) < 4.78 is 7.78. The molecule has 0 aliphatic carbocycles. The molecule has 24 heavy (non-hydrogen) atoms. The van der Waals surface area contributed by atoms with Gasteiger partial charge in [0.2, 0.25) is 5.91 Å². The molecule has 1 atom stereocenters. The summed E-state index contributed by atoms with van der Waals surface area (Å²) in [5.41, 5.74) is 3.81. The fourth-order valence-electron chi connectivity index (χ4n) is 2.73. The summed E-state index contributed by atoms with van der Waals surface area (Å²) in [6, 6.07) is 15.7. The molecule has 1 aliphatic rings. The van der Waals surface area contributed by atoms with E-state index in [1.165, 1.54) is 0 Å². The maximum atomic E-state index is 11.7. The number of benzene rings is 2. The van der Waals surface area contributed by atoms with Crippen LogP contribution in [-0.4, -0.2) is 17.2 Å². The fourth-order valence-corrected chi connectivity index (χ4v) is 3.93. The molecule has 0 spiro atoms. The topological polar surface area (TPSA) is 61.8 Å². The van der Waals surface area contributed by atoms with E-state index in [0.717, 1.165) is 21.9 Å². The summed E-state index contributed by atoms with van der Waals surface area (Å²) in [6.07, 6.45) is 0.312. The Morgan fingerprint density at radius 2 is 1.96 bits per heavy atom. The molecule has 0 radical (unpaired) electrons. The number of amides is 1. The van der Waals surface area contributed by atoms with Crippen LogP contribution in [0.2, 0.25) is 0 Å². The van der Waals surface area contributed by atoms with E-state index in [-0.39, 0.29) is 18.6 Å². The van der Waals surface area contributed by atoms with Crippen molar-refractivity contribution in [3.05, 3.63) is 54.1 Å². The van der Waals surface area contributed by atoms with Gasteiger partial charge in [0.25, 0.3) is 0 Å². The highest BCUT2D eigenvalue weighted by molar-refractivity contribution is 8.01. The molecule has 0 bridgehead atoms. The van der Waals surface area contributed by atoms with E-state index in [2.05, 4.69) is 4.31 Å². The Morgan fingerprint density at radius 3 is 2.62 bits per heavy atom. The number of nitrogens with zero attached hydrogens (tertiary/aromatic N) is 1. The van der Waals surface area contributed by atoms with Crippen LogP contribution >= 0.6 is 11.9 Å². The Bertz CT molecular complexity index is 718. The molecule has 2 aromatic carbocycles.